The van der Waals surface area contributed by atoms with E-state index in [0.717, 1.165) is 6.42 Å². The first-order chi connectivity index (χ1) is 12.9. The van der Waals surface area contributed by atoms with Crippen molar-refractivity contribution in [2.75, 3.05) is 0 Å². The molecule has 0 rings (SSSR count). The van der Waals surface area contributed by atoms with Gasteiger partial charge in [0.2, 0.25) is 0 Å². The molecular formula is C27H46. The summed E-state index contributed by atoms with van der Waals surface area (Å²) in [6.45, 7) is 15.8. The molecule has 0 saturated carbocycles. The summed E-state index contributed by atoms with van der Waals surface area (Å²) in [4.78, 5) is 0. The van der Waals surface area contributed by atoms with Gasteiger partial charge in [0.25, 0.3) is 0 Å². The molecule has 0 amide bonds. The molecule has 0 N–H and O–H groups in total. The van der Waals surface area contributed by atoms with Crippen LogP contribution in [0.2, 0.25) is 0 Å². The summed E-state index contributed by atoms with van der Waals surface area (Å²) >= 11 is 0. The quantitative estimate of drug-likeness (QED) is 0.267. The molecule has 0 radical (unpaired) electrons. The van der Waals surface area contributed by atoms with Crippen LogP contribution in [0.4, 0.5) is 0 Å². The van der Waals surface area contributed by atoms with Gasteiger partial charge in [-0.2, -0.15) is 0 Å². The summed E-state index contributed by atoms with van der Waals surface area (Å²) < 4.78 is 0. The van der Waals surface area contributed by atoms with E-state index in [-0.39, 0.29) is 0 Å². The number of allylic oxidation sites excluding steroid dienone is 10. The number of hydrogen-bond donors (Lipinski definition) is 0. The van der Waals surface area contributed by atoms with Crippen LogP contribution in [0.1, 0.15) is 113 Å². The van der Waals surface area contributed by atoms with Crippen LogP contribution in [0.25, 0.3) is 0 Å². The van der Waals surface area contributed by atoms with Crippen LogP contribution < -0.4 is 0 Å². The molecule has 0 aliphatic rings. The molecule has 0 fully saturated rings. The van der Waals surface area contributed by atoms with Gasteiger partial charge in [0.05, 0.1) is 0 Å². The van der Waals surface area contributed by atoms with Crippen molar-refractivity contribution in [2.24, 2.45) is 0 Å². The van der Waals surface area contributed by atoms with Gasteiger partial charge in [-0.25, -0.2) is 0 Å². The Hall–Kier alpha value is -1.30. The zero-order valence-corrected chi connectivity index (χ0v) is 19.5. The van der Waals surface area contributed by atoms with Gasteiger partial charge in [-0.1, -0.05) is 72.1 Å². The zero-order valence-electron chi connectivity index (χ0n) is 19.5. The average molecular weight is 371 g/mol. The maximum absolute atomic E-state index is 2.44. The highest BCUT2D eigenvalue weighted by Gasteiger charge is 1.94. The number of rotatable bonds is 14. The van der Waals surface area contributed by atoms with Gasteiger partial charge < -0.3 is 0 Å². The van der Waals surface area contributed by atoms with Gasteiger partial charge in [-0.3, -0.25) is 0 Å². The van der Waals surface area contributed by atoms with E-state index in [4.69, 9.17) is 0 Å². The Balaban J connectivity index is 4.04. The predicted molar refractivity (Wildman–Crippen MR) is 126 cm³/mol. The van der Waals surface area contributed by atoms with Gasteiger partial charge in [-0.05, 0) is 98.8 Å². The monoisotopic (exact) mass is 370 g/mol. The minimum Gasteiger partial charge on any atom is -0.0859 e. The highest BCUT2D eigenvalue weighted by atomic mass is 14.0. The second-order valence-electron chi connectivity index (χ2n) is 8.17. The molecule has 27 heavy (non-hydrogen) atoms. The molecule has 0 aliphatic heterocycles. The van der Waals surface area contributed by atoms with E-state index in [1.807, 2.05) is 0 Å². The molecule has 0 nitrogen and oxygen atoms in total. The van der Waals surface area contributed by atoms with Crippen LogP contribution >= 0.6 is 0 Å². The minimum absolute atomic E-state index is 1.16. The average Bonchev–Trinajstić information content (AvgIpc) is 2.61. The van der Waals surface area contributed by atoms with Crippen molar-refractivity contribution < 1.29 is 0 Å². The summed E-state index contributed by atoms with van der Waals surface area (Å²) in [5.41, 5.74) is 7.65. The largest absolute Gasteiger partial charge is 0.0859 e. The molecular weight excluding hydrogens is 324 g/mol. The molecule has 0 aromatic carbocycles. The zero-order chi connectivity index (χ0) is 20.5. The lowest BCUT2D eigenvalue weighted by atomic mass is 10.0. The molecule has 0 saturated heterocycles. The summed E-state index contributed by atoms with van der Waals surface area (Å²) in [6, 6.07) is 0. The third-order valence-corrected chi connectivity index (χ3v) is 5.24. The first-order valence-electron chi connectivity index (χ1n) is 11.2. The maximum atomic E-state index is 2.44. The van der Waals surface area contributed by atoms with Crippen molar-refractivity contribution in [3.63, 3.8) is 0 Å². The smallest absolute Gasteiger partial charge is 0.0288 e. The Bertz CT molecular complexity index is 534. The molecule has 0 heterocycles. The third kappa shape index (κ3) is 16.6. The van der Waals surface area contributed by atoms with Gasteiger partial charge in [0.15, 0.2) is 0 Å². The van der Waals surface area contributed by atoms with Crippen LogP contribution in [-0.2, 0) is 0 Å². The summed E-state index contributed by atoms with van der Waals surface area (Å²) in [5, 5.41) is 0. The van der Waals surface area contributed by atoms with Crippen LogP contribution in [-0.4, -0.2) is 0 Å². The summed E-state index contributed by atoms with van der Waals surface area (Å²) in [7, 11) is 0. The lowest BCUT2D eigenvalue weighted by Crippen LogP contribution is -1.83. The van der Waals surface area contributed by atoms with E-state index in [0.29, 0.717) is 0 Å². The Labute approximate surface area is 171 Å². The Morgan fingerprint density at radius 3 is 1.04 bits per heavy atom. The maximum Gasteiger partial charge on any atom is -0.0288 e. The van der Waals surface area contributed by atoms with Crippen molar-refractivity contribution in [1.82, 2.24) is 0 Å². The van der Waals surface area contributed by atoms with Gasteiger partial charge in [-0.15, -0.1) is 0 Å². The van der Waals surface area contributed by atoms with E-state index in [1.165, 1.54) is 85.7 Å². The molecule has 0 aromatic heterocycles. The van der Waals surface area contributed by atoms with Crippen molar-refractivity contribution >= 4 is 0 Å². The highest BCUT2D eigenvalue weighted by molar-refractivity contribution is 5.08. The molecule has 0 bridgehead atoms. The van der Waals surface area contributed by atoms with Crippen molar-refractivity contribution in [3.05, 3.63) is 58.2 Å². The normalized spacial score (nSPS) is 14.9. The van der Waals surface area contributed by atoms with Crippen molar-refractivity contribution in [2.45, 2.75) is 113 Å². The minimum atomic E-state index is 1.16. The second-order valence-corrected chi connectivity index (χ2v) is 8.17. The second kappa shape index (κ2) is 16.8. The lowest BCUT2D eigenvalue weighted by Gasteiger charge is -2.03. The van der Waals surface area contributed by atoms with Crippen LogP contribution in [0.3, 0.4) is 0 Å². The van der Waals surface area contributed by atoms with Crippen LogP contribution in [0, 0.1) is 0 Å². The summed E-state index contributed by atoms with van der Waals surface area (Å²) in [6.07, 6.45) is 23.9. The fourth-order valence-corrected chi connectivity index (χ4v) is 3.09. The van der Waals surface area contributed by atoms with Gasteiger partial charge >= 0.3 is 0 Å². The van der Waals surface area contributed by atoms with Crippen LogP contribution in [0.5, 0.6) is 0 Å². The van der Waals surface area contributed by atoms with Gasteiger partial charge in [0.1, 0.15) is 0 Å². The molecule has 0 aliphatic carbocycles. The molecule has 0 aromatic rings. The van der Waals surface area contributed by atoms with Gasteiger partial charge in [0, 0.05) is 0 Å². The Morgan fingerprint density at radius 2 is 0.741 bits per heavy atom. The molecule has 0 atom stereocenters. The van der Waals surface area contributed by atoms with E-state index in [1.54, 1.807) is 0 Å². The lowest BCUT2D eigenvalue weighted by molar-refractivity contribution is 0.889. The fraction of sp³-hybridized carbons (Fsp3) is 0.630. The van der Waals surface area contributed by atoms with E-state index in [2.05, 4.69) is 78.8 Å². The van der Waals surface area contributed by atoms with E-state index < -0.39 is 0 Å². The molecule has 0 unspecified atom stereocenters. The molecule has 154 valence electrons. The molecule has 0 spiro atoms. The first-order valence-corrected chi connectivity index (χ1v) is 11.2. The van der Waals surface area contributed by atoms with Crippen molar-refractivity contribution in [1.29, 1.82) is 0 Å². The van der Waals surface area contributed by atoms with Crippen LogP contribution in [0.15, 0.2) is 58.2 Å². The van der Waals surface area contributed by atoms with E-state index >= 15 is 0 Å². The highest BCUT2D eigenvalue weighted by Crippen LogP contribution is 2.15. The Morgan fingerprint density at radius 1 is 0.444 bits per heavy atom. The number of hydrogen-bond acceptors (Lipinski definition) is 0. The predicted octanol–water partition coefficient (Wildman–Crippen LogP) is 9.66. The standard InChI is InChI=1S/C27H46/c1-8-14-24(4)16-11-18-26(6)20-13-22-27(7)21-12-19-25(5)17-10-15-23(3)9-2/h14-15,18-19,22H,8-13,16-17,20-21H2,1-7H3. The Kier molecular flexibility index (Phi) is 16.0. The first kappa shape index (κ1) is 25.7. The van der Waals surface area contributed by atoms with E-state index in [9.17, 15) is 0 Å². The fourth-order valence-electron chi connectivity index (χ4n) is 3.09. The SMILES string of the molecule is CCC=C(C)CCC=C(C)CCC=C(C)CCC=C(C)CCC=C(C)CC. The molecule has 0 heteroatoms. The van der Waals surface area contributed by atoms with Crippen molar-refractivity contribution in [3.8, 4) is 0 Å². The third-order valence-electron chi connectivity index (χ3n) is 5.24. The summed E-state index contributed by atoms with van der Waals surface area (Å²) in [5.74, 6) is 0. The topological polar surface area (TPSA) is 0 Å².